The highest BCUT2D eigenvalue weighted by Gasteiger charge is 2.25. The first-order valence-corrected chi connectivity index (χ1v) is 15.2. The van der Waals surface area contributed by atoms with E-state index in [2.05, 4.69) is 26.6 Å². The number of hydrogen-bond donors (Lipinski definition) is 3. The van der Waals surface area contributed by atoms with Crippen molar-refractivity contribution in [3.63, 3.8) is 0 Å². The summed E-state index contributed by atoms with van der Waals surface area (Å²) in [7, 11) is 3.90. The van der Waals surface area contributed by atoms with Crippen LogP contribution in [0.15, 0.2) is 52.9 Å². The lowest BCUT2D eigenvalue weighted by Gasteiger charge is -2.21. The highest BCUT2D eigenvalue weighted by Crippen LogP contribution is 2.39. The number of imidazole rings is 1. The first-order chi connectivity index (χ1) is 22.0. The van der Waals surface area contributed by atoms with Gasteiger partial charge in [-0.15, -0.1) is 0 Å². The third kappa shape index (κ3) is 5.74. The predicted octanol–water partition coefficient (Wildman–Crippen LogP) is 5.53. The average Bonchev–Trinajstić information content (AvgIpc) is 3.61. The second-order valence-electron chi connectivity index (χ2n) is 11.5. The minimum atomic E-state index is -0.964. The summed E-state index contributed by atoms with van der Waals surface area (Å²) < 4.78 is 7.98. The fourth-order valence-corrected chi connectivity index (χ4v) is 6.06. The second kappa shape index (κ2) is 12.4. The predicted molar refractivity (Wildman–Crippen MR) is 174 cm³/mol. The monoisotopic (exact) mass is 637 g/mol. The van der Waals surface area contributed by atoms with Crippen LogP contribution in [-0.2, 0) is 31.4 Å². The number of benzene rings is 3. The van der Waals surface area contributed by atoms with Crippen LogP contribution in [0.1, 0.15) is 45.6 Å². The number of carbonyl (C=O) groups excluding carboxylic acids is 1. The number of halogens is 1. The molecule has 5 aromatic rings. The Balaban J connectivity index is 1.30. The van der Waals surface area contributed by atoms with Crippen LogP contribution in [0.2, 0.25) is 5.02 Å². The molecule has 11 nitrogen and oxygen atoms in total. The smallest absolute Gasteiger partial charge is 0.320 e. The SMILES string of the molecule is Cc1c(-c2nc3cc(CNC(C)C(=O)O)cc(C#N)c3o2)cccc1-c1cccc(NC(=O)c2nc3c(n2C)CCN(C)C3)c1Cl. The Morgan fingerprint density at radius 1 is 1.13 bits per heavy atom. The summed E-state index contributed by atoms with van der Waals surface area (Å²) in [6, 6.07) is 16.0. The fraction of sp³-hybridized carbons (Fsp3) is 0.265. The number of nitriles is 1. The fourth-order valence-electron chi connectivity index (χ4n) is 5.79. The molecule has 12 heteroatoms. The van der Waals surface area contributed by atoms with Crippen molar-refractivity contribution in [1.29, 1.82) is 5.26 Å². The molecule has 0 saturated heterocycles. The van der Waals surface area contributed by atoms with Gasteiger partial charge in [0, 0.05) is 49.9 Å². The van der Waals surface area contributed by atoms with E-state index in [0.717, 1.165) is 35.5 Å². The number of nitrogens with zero attached hydrogens (tertiary/aromatic N) is 5. The van der Waals surface area contributed by atoms with E-state index in [0.29, 0.717) is 62.3 Å². The maximum Gasteiger partial charge on any atom is 0.320 e. The molecule has 0 bridgehead atoms. The minimum Gasteiger partial charge on any atom is -0.480 e. The van der Waals surface area contributed by atoms with E-state index < -0.39 is 12.0 Å². The summed E-state index contributed by atoms with van der Waals surface area (Å²) in [5, 5.41) is 25.3. The van der Waals surface area contributed by atoms with Crippen molar-refractivity contribution in [2.24, 2.45) is 7.05 Å². The van der Waals surface area contributed by atoms with E-state index >= 15 is 0 Å². The molecule has 46 heavy (non-hydrogen) atoms. The van der Waals surface area contributed by atoms with Crippen molar-refractivity contribution in [1.82, 2.24) is 24.8 Å². The molecular weight excluding hydrogens is 606 g/mol. The summed E-state index contributed by atoms with van der Waals surface area (Å²) in [5.41, 5.74) is 7.40. The van der Waals surface area contributed by atoms with Crippen LogP contribution in [0.3, 0.4) is 0 Å². The first-order valence-electron chi connectivity index (χ1n) is 14.8. The molecule has 0 radical (unpaired) electrons. The van der Waals surface area contributed by atoms with Gasteiger partial charge < -0.3 is 29.6 Å². The molecule has 1 aliphatic rings. The summed E-state index contributed by atoms with van der Waals surface area (Å²) in [4.78, 5) is 36.1. The average molecular weight is 638 g/mol. The maximum atomic E-state index is 13.4. The molecule has 6 rings (SSSR count). The van der Waals surface area contributed by atoms with Gasteiger partial charge in [-0.1, -0.05) is 35.9 Å². The van der Waals surface area contributed by atoms with Gasteiger partial charge in [-0.2, -0.15) is 5.26 Å². The number of rotatable bonds is 8. The number of amides is 1. The molecule has 2 aromatic heterocycles. The highest BCUT2D eigenvalue weighted by molar-refractivity contribution is 6.36. The number of anilines is 1. The van der Waals surface area contributed by atoms with Gasteiger partial charge in [0.15, 0.2) is 11.4 Å². The lowest BCUT2D eigenvalue weighted by molar-refractivity contribution is -0.139. The Morgan fingerprint density at radius 2 is 1.87 bits per heavy atom. The third-order valence-electron chi connectivity index (χ3n) is 8.40. The molecule has 1 aliphatic heterocycles. The molecule has 1 atom stereocenters. The zero-order valence-electron chi connectivity index (χ0n) is 25.8. The summed E-state index contributed by atoms with van der Waals surface area (Å²) in [6.45, 7) is 5.35. The van der Waals surface area contributed by atoms with Gasteiger partial charge in [0.1, 0.15) is 17.6 Å². The van der Waals surface area contributed by atoms with Crippen LogP contribution in [0.5, 0.6) is 0 Å². The molecule has 1 unspecified atom stereocenters. The quantitative estimate of drug-likeness (QED) is 0.200. The maximum absolute atomic E-state index is 13.4. The first kappa shape index (κ1) is 31.0. The molecule has 3 N–H and O–H groups in total. The number of hydrogen-bond acceptors (Lipinski definition) is 8. The van der Waals surface area contributed by atoms with E-state index in [1.165, 1.54) is 0 Å². The van der Waals surface area contributed by atoms with Crippen molar-refractivity contribution in [2.45, 2.75) is 39.4 Å². The van der Waals surface area contributed by atoms with E-state index in [1.54, 1.807) is 25.1 Å². The topological polar surface area (TPSA) is 149 Å². The van der Waals surface area contributed by atoms with Crippen molar-refractivity contribution in [3.05, 3.63) is 87.5 Å². The van der Waals surface area contributed by atoms with Gasteiger partial charge in [-0.05, 0) is 61.9 Å². The number of carbonyl (C=O) groups is 2. The van der Waals surface area contributed by atoms with Crippen molar-refractivity contribution in [2.75, 3.05) is 18.9 Å². The van der Waals surface area contributed by atoms with E-state index in [-0.39, 0.29) is 12.5 Å². The second-order valence-corrected chi connectivity index (χ2v) is 11.9. The van der Waals surface area contributed by atoms with Gasteiger partial charge >= 0.3 is 5.97 Å². The Kier molecular flexibility index (Phi) is 8.35. The van der Waals surface area contributed by atoms with Crippen molar-refractivity contribution < 1.29 is 19.1 Å². The largest absolute Gasteiger partial charge is 0.480 e. The number of nitrogens with one attached hydrogen (secondary N) is 2. The Hall–Kier alpha value is -5.02. The summed E-state index contributed by atoms with van der Waals surface area (Å²) in [6.07, 6.45) is 0.830. The molecular formula is C34H32ClN7O4. The molecule has 3 aromatic carbocycles. The Bertz CT molecular complexity index is 2060. The molecule has 234 valence electrons. The Labute approximate surface area is 270 Å². The number of aromatic nitrogens is 3. The zero-order chi connectivity index (χ0) is 32.7. The van der Waals surface area contributed by atoms with Gasteiger partial charge in [-0.25, -0.2) is 9.97 Å². The highest BCUT2D eigenvalue weighted by atomic mass is 35.5. The van der Waals surface area contributed by atoms with Gasteiger partial charge in [0.2, 0.25) is 5.89 Å². The number of carboxylic acids is 1. The van der Waals surface area contributed by atoms with Crippen molar-refractivity contribution >= 4 is 40.3 Å². The number of oxazole rings is 1. The molecule has 0 fully saturated rings. The molecule has 0 saturated carbocycles. The number of carboxylic acid groups (broad SMARTS) is 1. The van der Waals surface area contributed by atoms with E-state index in [1.807, 2.05) is 55.9 Å². The van der Waals surface area contributed by atoms with Crippen LogP contribution in [-0.4, -0.2) is 56.1 Å². The van der Waals surface area contributed by atoms with Crippen LogP contribution in [0, 0.1) is 18.3 Å². The minimum absolute atomic E-state index is 0.250. The number of likely N-dealkylation sites (N-methyl/N-ethyl adjacent to an activating group) is 1. The van der Waals surface area contributed by atoms with Crippen LogP contribution >= 0.6 is 11.6 Å². The third-order valence-corrected chi connectivity index (χ3v) is 8.81. The van der Waals surface area contributed by atoms with Gasteiger partial charge in [0.25, 0.3) is 5.91 Å². The number of aliphatic carboxylic acids is 1. The number of fused-ring (bicyclic) bond motifs is 2. The molecule has 3 heterocycles. The standard InChI is InChI=1S/C34H32ClN7O4/c1-18-22(24-9-6-10-25(29(24)35)39-32(43)31-38-27-17-41(3)12-11-28(27)42(31)4)7-5-8-23(18)33-40-26-14-20(16-37-19(2)34(44)45)13-21(15-36)30(26)46-33/h5-10,13-14,19,37H,11-12,16-17H2,1-4H3,(H,39,43)(H,44,45). The van der Waals surface area contributed by atoms with E-state index in [9.17, 15) is 20.0 Å². The lowest BCUT2D eigenvalue weighted by Crippen LogP contribution is -2.33. The van der Waals surface area contributed by atoms with Gasteiger partial charge in [-0.3, -0.25) is 9.59 Å². The lowest BCUT2D eigenvalue weighted by atomic mass is 9.96. The molecule has 0 aliphatic carbocycles. The Morgan fingerprint density at radius 3 is 2.63 bits per heavy atom. The zero-order valence-corrected chi connectivity index (χ0v) is 26.6. The van der Waals surface area contributed by atoms with Gasteiger partial charge in [0.05, 0.1) is 22.0 Å². The normalized spacial score (nSPS) is 13.7. The summed E-state index contributed by atoms with van der Waals surface area (Å²) in [5.74, 6) is -0.632. The molecule has 0 spiro atoms. The van der Waals surface area contributed by atoms with Crippen LogP contribution in [0.25, 0.3) is 33.7 Å². The van der Waals surface area contributed by atoms with E-state index in [4.69, 9.17) is 21.0 Å². The summed E-state index contributed by atoms with van der Waals surface area (Å²) >= 11 is 6.93. The van der Waals surface area contributed by atoms with Crippen LogP contribution in [0.4, 0.5) is 5.69 Å². The molecule has 1 amide bonds. The van der Waals surface area contributed by atoms with Crippen molar-refractivity contribution in [3.8, 4) is 28.7 Å². The van der Waals surface area contributed by atoms with Crippen LogP contribution < -0.4 is 10.6 Å².